The largest absolute Gasteiger partial charge is 0.393 e. The van der Waals surface area contributed by atoms with Gasteiger partial charge in [-0.1, -0.05) is 19.3 Å². The average molecular weight is 180 g/mol. The minimum Gasteiger partial charge on any atom is -0.393 e. The summed E-state index contributed by atoms with van der Waals surface area (Å²) in [4.78, 5) is 0. The highest BCUT2D eigenvalue weighted by atomic mass is 35.5. The third-order valence-corrected chi connectivity index (χ3v) is 2.42. The van der Waals surface area contributed by atoms with Crippen LogP contribution in [0.2, 0.25) is 0 Å². The Hall–Kier alpha value is 0.210. The zero-order valence-corrected chi connectivity index (χ0v) is 7.65. The smallest absolute Gasteiger partial charge is 0.0580 e. The molecule has 0 bridgehead atoms. The van der Waals surface area contributed by atoms with E-state index in [9.17, 15) is 5.11 Å². The van der Waals surface area contributed by atoms with Crippen molar-refractivity contribution in [1.82, 2.24) is 0 Å². The van der Waals surface area contributed by atoms with Gasteiger partial charge in [-0.15, -0.1) is 12.4 Å². The topological polar surface area (TPSA) is 46.2 Å². The molecule has 1 saturated carbocycles. The number of hydrogen-bond acceptors (Lipinski definition) is 2. The van der Waals surface area contributed by atoms with E-state index in [0.29, 0.717) is 12.5 Å². The van der Waals surface area contributed by atoms with E-state index in [1.54, 1.807) is 0 Å². The molecule has 1 aliphatic carbocycles. The van der Waals surface area contributed by atoms with Crippen molar-refractivity contribution in [2.24, 2.45) is 11.7 Å². The van der Waals surface area contributed by atoms with Crippen LogP contribution < -0.4 is 5.73 Å². The normalized spacial score (nSPS) is 32.2. The molecule has 1 fully saturated rings. The highest BCUT2D eigenvalue weighted by Gasteiger charge is 2.19. The Balaban J connectivity index is 0.000001000. The van der Waals surface area contributed by atoms with Crippen molar-refractivity contribution >= 4 is 12.4 Å². The second-order valence-electron chi connectivity index (χ2n) is 3.20. The maximum atomic E-state index is 9.47. The van der Waals surface area contributed by atoms with E-state index in [4.69, 9.17) is 5.73 Å². The van der Waals surface area contributed by atoms with Gasteiger partial charge >= 0.3 is 0 Å². The van der Waals surface area contributed by atoms with Crippen LogP contribution >= 0.6 is 12.4 Å². The first-order chi connectivity index (χ1) is 4.84. The third kappa shape index (κ3) is 3.41. The van der Waals surface area contributed by atoms with Gasteiger partial charge < -0.3 is 10.8 Å². The SMILES string of the molecule is Cl.NC[C@H]1CCCCC[C@H]1O. The van der Waals surface area contributed by atoms with Crippen molar-refractivity contribution < 1.29 is 5.11 Å². The predicted octanol–water partition coefficient (Wildman–Crippen LogP) is 1.31. The summed E-state index contributed by atoms with van der Waals surface area (Å²) in [6.45, 7) is 0.654. The second kappa shape index (κ2) is 5.81. The van der Waals surface area contributed by atoms with Crippen LogP contribution in [0, 0.1) is 5.92 Å². The summed E-state index contributed by atoms with van der Waals surface area (Å²) < 4.78 is 0. The Kier molecular flexibility index (Phi) is 5.92. The summed E-state index contributed by atoms with van der Waals surface area (Å²) in [5.74, 6) is 0.377. The Bertz CT molecular complexity index is 100. The van der Waals surface area contributed by atoms with Gasteiger partial charge in [0.25, 0.3) is 0 Å². The van der Waals surface area contributed by atoms with Gasteiger partial charge in [0.05, 0.1) is 6.10 Å². The van der Waals surface area contributed by atoms with Crippen molar-refractivity contribution in [3.05, 3.63) is 0 Å². The molecule has 0 unspecified atom stereocenters. The van der Waals surface area contributed by atoms with Gasteiger partial charge in [0.2, 0.25) is 0 Å². The highest BCUT2D eigenvalue weighted by molar-refractivity contribution is 5.85. The second-order valence-corrected chi connectivity index (χ2v) is 3.20. The average Bonchev–Trinajstić information content (AvgIpc) is 2.13. The van der Waals surface area contributed by atoms with Crippen LogP contribution in [0.3, 0.4) is 0 Å². The molecule has 0 aromatic carbocycles. The van der Waals surface area contributed by atoms with E-state index in [1.807, 2.05) is 0 Å². The lowest BCUT2D eigenvalue weighted by Crippen LogP contribution is -2.26. The number of aliphatic hydroxyl groups excluding tert-OH is 1. The fourth-order valence-electron chi connectivity index (χ4n) is 1.64. The maximum Gasteiger partial charge on any atom is 0.0580 e. The lowest BCUT2D eigenvalue weighted by molar-refractivity contribution is 0.105. The molecule has 0 aliphatic heterocycles. The van der Waals surface area contributed by atoms with E-state index >= 15 is 0 Å². The van der Waals surface area contributed by atoms with Gasteiger partial charge in [0.1, 0.15) is 0 Å². The van der Waals surface area contributed by atoms with Crippen LogP contribution in [0.25, 0.3) is 0 Å². The van der Waals surface area contributed by atoms with Crippen LogP contribution in [0.5, 0.6) is 0 Å². The van der Waals surface area contributed by atoms with Crippen LogP contribution in [0.1, 0.15) is 32.1 Å². The van der Waals surface area contributed by atoms with E-state index in [2.05, 4.69) is 0 Å². The maximum absolute atomic E-state index is 9.47. The molecule has 2 atom stereocenters. The van der Waals surface area contributed by atoms with E-state index < -0.39 is 0 Å². The lowest BCUT2D eigenvalue weighted by Gasteiger charge is -2.17. The standard InChI is InChI=1S/C8H17NO.ClH/c9-6-7-4-2-1-3-5-8(7)10;/h7-8,10H,1-6,9H2;1H/t7-,8-;/m1./s1. The molecule has 1 aliphatic rings. The molecule has 0 spiro atoms. The monoisotopic (exact) mass is 179 g/mol. The highest BCUT2D eigenvalue weighted by Crippen LogP contribution is 2.22. The molecule has 11 heavy (non-hydrogen) atoms. The predicted molar refractivity (Wildman–Crippen MR) is 48.9 cm³/mol. The van der Waals surface area contributed by atoms with E-state index in [-0.39, 0.29) is 18.5 Å². The zero-order valence-electron chi connectivity index (χ0n) is 6.83. The molecule has 0 saturated heterocycles. The van der Waals surface area contributed by atoms with Crippen LogP contribution in [-0.2, 0) is 0 Å². The van der Waals surface area contributed by atoms with Gasteiger partial charge in [-0.2, -0.15) is 0 Å². The van der Waals surface area contributed by atoms with Gasteiger partial charge in [0.15, 0.2) is 0 Å². The molecule has 68 valence electrons. The molecule has 0 amide bonds. The van der Waals surface area contributed by atoms with Crippen LogP contribution in [0.15, 0.2) is 0 Å². The van der Waals surface area contributed by atoms with Gasteiger partial charge in [-0.3, -0.25) is 0 Å². The molecule has 3 heteroatoms. The summed E-state index contributed by atoms with van der Waals surface area (Å²) >= 11 is 0. The molecular formula is C8H18ClNO. The summed E-state index contributed by atoms with van der Waals surface area (Å²) in [6.07, 6.45) is 5.66. The van der Waals surface area contributed by atoms with Crippen LogP contribution in [-0.4, -0.2) is 17.8 Å². The van der Waals surface area contributed by atoms with Gasteiger partial charge in [0, 0.05) is 0 Å². The molecule has 3 N–H and O–H groups in total. The Labute approximate surface area is 74.6 Å². The third-order valence-electron chi connectivity index (χ3n) is 2.42. The number of halogens is 1. The Morgan fingerprint density at radius 1 is 1.18 bits per heavy atom. The molecular weight excluding hydrogens is 162 g/mol. The van der Waals surface area contributed by atoms with Crippen molar-refractivity contribution in [3.63, 3.8) is 0 Å². The zero-order chi connectivity index (χ0) is 7.40. The molecule has 0 heterocycles. The van der Waals surface area contributed by atoms with Crippen molar-refractivity contribution in [3.8, 4) is 0 Å². The van der Waals surface area contributed by atoms with Crippen LogP contribution in [0.4, 0.5) is 0 Å². The molecule has 2 nitrogen and oxygen atoms in total. The minimum absolute atomic E-state index is 0. The number of nitrogens with two attached hydrogens (primary N) is 1. The van der Waals surface area contributed by atoms with Gasteiger partial charge in [-0.25, -0.2) is 0 Å². The summed E-state index contributed by atoms with van der Waals surface area (Å²) in [7, 11) is 0. The van der Waals surface area contributed by atoms with E-state index in [1.165, 1.54) is 19.3 Å². The Morgan fingerprint density at radius 2 is 1.82 bits per heavy atom. The number of aliphatic hydroxyl groups is 1. The molecule has 0 aromatic rings. The van der Waals surface area contributed by atoms with Crippen molar-refractivity contribution in [2.45, 2.75) is 38.2 Å². The Morgan fingerprint density at radius 3 is 2.45 bits per heavy atom. The summed E-state index contributed by atoms with van der Waals surface area (Å²) in [5.41, 5.74) is 5.50. The molecule has 0 radical (unpaired) electrons. The first-order valence-corrected chi connectivity index (χ1v) is 4.22. The fourth-order valence-corrected chi connectivity index (χ4v) is 1.64. The number of rotatable bonds is 1. The minimum atomic E-state index is -0.118. The van der Waals surface area contributed by atoms with Crippen molar-refractivity contribution in [1.29, 1.82) is 0 Å². The van der Waals surface area contributed by atoms with Gasteiger partial charge in [-0.05, 0) is 25.3 Å². The number of hydrogen-bond donors (Lipinski definition) is 2. The first kappa shape index (κ1) is 11.2. The van der Waals surface area contributed by atoms with Crippen molar-refractivity contribution in [2.75, 3.05) is 6.54 Å². The summed E-state index contributed by atoms with van der Waals surface area (Å²) in [6, 6.07) is 0. The first-order valence-electron chi connectivity index (χ1n) is 4.22. The quantitative estimate of drug-likeness (QED) is 0.597. The molecule has 0 aromatic heterocycles. The lowest BCUT2D eigenvalue weighted by atomic mass is 9.98. The fraction of sp³-hybridized carbons (Fsp3) is 1.00. The summed E-state index contributed by atoms with van der Waals surface area (Å²) in [5, 5.41) is 9.47. The molecule has 1 rings (SSSR count). The van der Waals surface area contributed by atoms with E-state index in [0.717, 1.165) is 12.8 Å².